The van der Waals surface area contributed by atoms with E-state index in [1.165, 1.54) is 0 Å². The van der Waals surface area contributed by atoms with Gasteiger partial charge in [0, 0.05) is 27.7 Å². The van der Waals surface area contributed by atoms with Gasteiger partial charge >= 0.3 is 0 Å². The van der Waals surface area contributed by atoms with Crippen LogP contribution in [0.25, 0.3) is 0 Å². The van der Waals surface area contributed by atoms with Gasteiger partial charge in [0.05, 0.1) is 11.5 Å². The smallest absolute Gasteiger partial charge is 0.263 e. The molecule has 1 aliphatic rings. The molecule has 0 aliphatic carbocycles. The van der Waals surface area contributed by atoms with E-state index in [1.807, 2.05) is 13.8 Å². The van der Waals surface area contributed by atoms with Gasteiger partial charge < -0.3 is 9.64 Å². The zero-order chi connectivity index (χ0) is 22.9. The lowest BCUT2D eigenvalue weighted by atomic mass is 10.1. The van der Waals surface area contributed by atoms with E-state index >= 15 is 0 Å². The van der Waals surface area contributed by atoms with Crippen molar-refractivity contribution in [1.29, 1.82) is 0 Å². The maximum absolute atomic E-state index is 13.4. The number of carbonyl (C=O) groups is 1. The Morgan fingerprint density at radius 3 is 2.35 bits per heavy atom. The van der Waals surface area contributed by atoms with Gasteiger partial charge in [-0.3, -0.25) is 4.79 Å². The van der Waals surface area contributed by atoms with Gasteiger partial charge in [-0.15, -0.1) is 0 Å². The SMILES string of the molecule is Cc1cc(OC(C)C(=O)N(Cc2ccc(Cl)cc2Cl)C2CCS(=O)(=O)C2)cc(C)c1Cl. The van der Waals surface area contributed by atoms with E-state index in [0.717, 1.165) is 11.1 Å². The van der Waals surface area contributed by atoms with Crippen molar-refractivity contribution in [3.05, 3.63) is 62.1 Å². The molecule has 5 nitrogen and oxygen atoms in total. The third kappa shape index (κ3) is 5.86. The molecule has 1 heterocycles. The average molecular weight is 505 g/mol. The number of aryl methyl sites for hydroxylation is 2. The van der Waals surface area contributed by atoms with Crippen LogP contribution in [0.5, 0.6) is 5.75 Å². The van der Waals surface area contributed by atoms with Crippen LogP contribution in [0.3, 0.4) is 0 Å². The van der Waals surface area contributed by atoms with Gasteiger partial charge in [0.25, 0.3) is 5.91 Å². The van der Waals surface area contributed by atoms with Crippen molar-refractivity contribution in [2.75, 3.05) is 11.5 Å². The molecule has 1 fully saturated rings. The molecule has 168 valence electrons. The van der Waals surface area contributed by atoms with Gasteiger partial charge in [-0.1, -0.05) is 40.9 Å². The number of carbonyl (C=O) groups excluding carboxylic acids is 1. The molecule has 1 aliphatic heterocycles. The number of hydrogen-bond donors (Lipinski definition) is 0. The lowest BCUT2D eigenvalue weighted by molar-refractivity contribution is -0.140. The van der Waals surface area contributed by atoms with Crippen molar-refractivity contribution in [3.63, 3.8) is 0 Å². The Morgan fingerprint density at radius 1 is 1.16 bits per heavy atom. The standard InChI is InChI=1S/C22H24Cl3NO4S/c1-13-8-19(9-14(2)21(13)25)30-15(3)22(27)26(18-6-7-31(28,29)12-18)11-16-4-5-17(23)10-20(16)24/h4-5,8-10,15,18H,6-7,11-12H2,1-3H3. The van der Waals surface area contributed by atoms with Crippen LogP contribution >= 0.6 is 34.8 Å². The van der Waals surface area contributed by atoms with Gasteiger partial charge in [-0.05, 0) is 68.1 Å². The summed E-state index contributed by atoms with van der Waals surface area (Å²) in [5.74, 6) is 0.207. The molecule has 0 bridgehead atoms. The van der Waals surface area contributed by atoms with Crippen LogP contribution in [0.2, 0.25) is 15.1 Å². The van der Waals surface area contributed by atoms with Crippen molar-refractivity contribution >= 4 is 50.5 Å². The highest BCUT2D eigenvalue weighted by atomic mass is 35.5. The van der Waals surface area contributed by atoms with Crippen LogP contribution < -0.4 is 4.74 Å². The third-order valence-electron chi connectivity index (χ3n) is 5.36. The van der Waals surface area contributed by atoms with E-state index < -0.39 is 22.0 Å². The first-order chi connectivity index (χ1) is 14.5. The molecule has 3 rings (SSSR count). The van der Waals surface area contributed by atoms with E-state index in [0.29, 0.717) is 32.8 Å². The minimum atomic E-state index is -3.19. The van der Waals surface area contributed by atoms with Crippen LogP contribution in [0, 0.1) is 13.8 Å². The molecule has 2 aromatic carbocycles. The Morgan fingerprint density at radius 2 is 1.81 bits per heavy atom. The highest BCUT2D eigenvalue weighted by Gasteiger charge is 2.37. The number of amides is 1. The van der Waals surface area contributed by atoms with Crippen molar-refractivity contribution in [1.82, 2.24) is 4.90 Å². The summed E-state index contributed by atoms with van der Waals surface area (Å²) in [6.07, 6.45) is -0.445. The third-order valence-corrected chi connectivity index (χ3v) is 8.29. The van der Waals surface area contributed by atoms with E-state index in [1.54, 1.807) is 42.2 Å². The number of rotatable bonds is 6. The number of sulfone groups is 1. The Hall–Kier alpha value is -1.47. The first-order valence-corrected chi connectivity index (χ1v) is 12.8. The Kier molecular flexibility index (Phi) is 7.47. The molecule has 2 atom stereocenters. The van der Waals surface area contributed by atoms with Crippen LogP contribution in [-0.4, -0.2) is 42.9 Å². The summed E-state index contributed by atoms with van der Waals surface area (Å²) in [7, 11) is -3.19. The highest BCUT2D eigenvalue weighted by Crippen LogP contribution is 2.29. The second kappa shape index (κ2) is 9.57. The summed E-state index contributed by atoms with van der Waals surface area (Å²) in [5, 5.41) is 1.56. The Labute approximate surface area is 198 Å². The molecular formula is C22H24Cl3NO4S. The fourth-order valence-electron chi connectivity index (χ4n) is 3.70. The Balaban J connectivity index is 1.86. The summed E-state index contributed by atoms with van der Waals surface area (Å²) < 4.78 is 30.1. The van der Waals surface area contributed by atoms with Crippen molar-refractivity contribution < 1.29 is 17.9 Å². The quantitative estimate of drug-likeness (QED) is 0.539. The summed E-state index contributed by atoms with van der Waals surface area (Å²) >= 11 is 18.5. The monoisotopic (exact) mass is 503 g/mol. The molecule has 2 unspecified atom stereocenters. The molecule has 0 spiro atoms. The summed E-state index contributed by atoms with van der Waals surface area (Å²) in [6, 6.07) is 8.15. The molecule has 0 N–H and O–H groups in total. The first-order valence-electron chi connectivity index (χ1n) is 9.85. The van der Waals surface area contributed by atoms with E-state index in [9.17, 15) is 13.2 Å². The van der Waals surface area contributed by atoms with Crippen molar-refractivity contribution in [2.45, 2.75) is 45.9 Å². The van der Waals surface area contributed by atoms with Gasteiger partial charge in [-0.2, -0.15) is 0 Å². The first kappa shape index (κ1) is 24.2. The number of halogens is 3. The lowest BCUT2D eigenvalue weighted by Gasteiger charge is -2.31. The van der Waals surface area contributed by atoms with Crippen LogP contribution in [0.4, 0.5) is 0 Å². The summed E-state index contributed by atoms with van der Waals surface area (Å²) in [5.41, 5.74) is 2.39. The van der Waals surface area contributed by atoms with Crippen LogP contribution in [0.1, 0.15) is 30.0 Å². The second-order valence-electron chi connectivity index (χ2n) is 7.89. The molecule has 9 heteroatoms. The molecule has 1 amide bonds. The molecule has 0 aromatic heterocycles. The van der Waals surface area contributed by atoms with E-state index in [-0.39, 0.29) is 24.0 Å². The van der Waals surface area contributed by atoms with Crippen molar-refractivity contribution in [2.24, 2.45) is 0 Å². The molecule has 0 radical (unpaired) electrons. The van der Waals surface area contributed by atoms with Crippen LogP contribution in [0.15, 0.2) is 30.3 Å². The molecule has 31 heavy (non-hydrogen) atoms. The van der Waals surface area contributed by atoms with Gasteiger partial charge in [-0.25, -0.2) is 8.42 Å². The predicted molar refractivity (Wildman–Crippen MR) is 125 cm³/mol. The summed E-state index contributed by atoms with van der Waals surface area (Å²) in [6.45, 7) is 5.56. The van der Waals surface area contributed by atoms with E-state index in [2.05, 4.69) is 0 Å². The van der Waals surface area contributed by atoms with Crippen molar-refractivity contribution in [3.8, 4) is 5.75 Å². The number of nitrogens with zero attached hydrogens (tertiary/aromatic N) is 1. The molecule has 2 aromatic rings. The Bertz CT molecular complexity index is 1080. The maximum atomic E-state index is 13.4. The average Bonchev–Trinajstić information content (AvgIpc) is 3.04. The highest BCUT2D eigenvalue weighted by molar-refractivity contribution is 7.91. The lowest BCUT2D eigenvalue weighted by Crippen LogP contribution is -2.46. The summed E-state index contributed by atoms with van der Waals surface area (Å²) in [4.78, 5) is 14.9. The fraction of sp³-hybridized carbons (Fsp3) is 0.409. The number of ether oxygens (including phenoxy) is 1. The van der Waals surface area contributed by atoms with Gasteiger partial charge in [0.2, 0.25) is 0 Å². The minimum Gasteiger partial charge on any atom is -0.481 e. The molecule has 1 saturated heterocycles. The largest absolute Gasteiger partial charge is 0.481 e. The van der Waals surface area contributed by atoms with Crippen LogP contribution in [-0.2, 0) is 21.2 Å². The zero-order valence-corrected chi connectivity index (χ0v) is 20.6. The molecular weight excluding hydrogens is 481 g/mol. The second-order valence-corrected chi connectivity index (χ2v) is 11.3. The number of benzene rings is 2. The topological polar surface area (TPSA) is 63.7 Å². The molecule has 0 saturated carbocycles. The van der Waals surface area contributed by atoms with Gasteiger partial charge in [0.1, 0.15) is 5.75 Å². The number of hydrogen-bond acceptors (Lipinski definition) is 4. The van der Waals surface area contributed by atoms with Gasteiger partial charge in [0.15, 0.2) is 15.9 Å². The minimum absolute atomic E-state index is 0.0562. The fourth-order valence-corrected chi connectivity index (χ4v) is 6.01. The zero-order valence-electron chi connectivity index (χ0n) is 17.5. The predicted octanol–water partition coefficient (Wildman–Crippen LogP) is 5.25. The normalized spacial score (nSPS) is 18.6. The maximum Gasteiger partial charge on any atom is 0.263 e. The van der Waals surface area contributed by atoms with E-state index in [4.69, 9.17) is 39.5 Å².